The van der Waals surface area contributed by atoms with Gasteiger partial charge in [-0.25, -0.2) is 0 Å². The van der Waals surface area contributed by atoms with E-state index in [-0.39, 0.29) is 31.2 Å². The lowest BCUT2D eigenvalue weighted by Crippen LogP contribution is -2.54. The molecule has 0 radical (unpaired) electrons. The highest BCUT2D eigenvalue weighted by atomic mass is 16.2. The van der Waals surface area contributed by atoms with Gasteiger partial charge in [0.1, 0.15) is 12.1 Å². The molecule has 2 N–H and O–H groups in total. The summed E-state index contributed by atoms with van der Waals surface area (Å²) in [5, 5.41) is 5.35. The van der Waals surface area contributed by atoms with E-state index in [4.69, 9.17) is 0 Å². The number of hydrogen-bond donors (Lipinski definition) is 2. The molecule has 1 fully saturated rings. The largest absolute Gasteiger partial charge is 0.344 e. The Hall–Kier alpha value is -4.26. The lowest BCUT2D eigenvalue weighted by molar-refractivity contribution is -0.145. The predicted octanol–water partition coefficient (Wildman–Crippen LogP) is 3.11. The molecule has 1 aliphatic rings. The number of amides is 3. The van der Waals surface area contributed by atoms with Crippen molar-refractivity contribution in [3.8, 4) is 0 Å². The van der Waals surface area contributed by atoms with Crippen LogP contribution in [-0.4, -0.2) is 40.5 Å². The van der Waals surface area contributed by atoms with E-state index >= 15 is 0 Å². The molecule has 35 heavy (non-hydrogen) atoms. The summed E-state index contributed by atoms with van der Waals surface area (Å²) in [6, 6.07) is 25.5. The highest BCUT2D eigenvalue weighted by Gasteiger charge is 2.38. The molecule has 0 aliphatic carbocycles. The third kappa shape index (κ3) is 6.20. The zero-order valence-corrected chi connectivity index (χ0v) is 19.2. The van der Waals surface area contributed by atoms with Gasteiger partial charge in [0, 0.05) is 25.1 Å². The van der Waals surface area contributed by atoms with Crippen LogP contribution in [0.4, 0.5) is 5.69 Å². The van der Waals surface area contributed by atoms with E-state index in [0.29, 0.717) is 12.1 Å². The maximum Gasteiger partial charge on any atom is 0.294 e. The maximum absolute atomic E-state index is 13.6. The van der Waals surface area contributed by atoms with Gasteiger partial charge < -0.3 is 15.5 Å². The number of hydrogen-bond acceptors (Lipinski definition) is 4. The summed E-state index contributed by atoms with van der Waals surface area (Å²) >= 11 is 0. The fraction of sp³-hybridized carbons (Fsp3) is 0.214. The molecule has 3 amide bonds. The minimum Gasteiger partial charge on any atom is -0.344 e. The lowest BCUT2D eigenvalue weighted by Gasteiger charge is -2.32. The molecule has 4 rings (SSSR count). The van der Waals surface area contributed by atoms with E-state index in [0.717, 1.165) is 11.1 Å². The second-order valence-electron chi connectivity index (χ2n) is 8.50. The van der Waals surface area contributed by atoms with Gasteiger partial charge in [0.05, 0.1) is 0 Å². The second kappa shape index (κ2) is 11.2. The first-order chi connectivity index (χ1) is 17.0. The number of Topliss-reactive ketones (excluding diaryl/α,β-unsaturated/α-hetero) is 1. The zero-order valence-electron chi connectivity index (χ0n) is 19.2. The van der Waals surface area contributed by atoms with Gasteiger partial charge in [-0.15, -0.1) is 0 Å². The third-order valence-corrected chi connectivity index (χ3v) is 5.98. The van der Waals surface area contributed by atoms with Crippen molar-refractivity contribution in [3.63, 3.8) is 0 Å². The number of benzene rings is 3. The molecule has 2 unspecified atom stereocenters. The summed E-state index contributed by atoms with van der Waals surface area (Å²) in [4.78, 5) is 53.5. The van der Waals surface area contributed by atoms with E-state index in [1.165, 1.54) is 4.90 Å². The fourth-order valence-corrected chi connectivity index (χ4v) is 4.17. The molecule has 0 spiro atoms. The van der Waals surface area contributed by atoms with Gasteiger partial charge in [-0.1, -0.05) is 78.9 Å². The van der Waals surface area contributed by atoms with Crippen LogP contribution in [0.25, 0.3) is 0 Å². The van der Waals surface area contributed by atoms with Crippen molar-refractivity contribution >= 4 is 29.2 Å². The van der Waals surface area contributed by atoms with Crippen molar-refractivity contribution < 1.29 is 19.2 Å². The number of nitrogens with one attached hydrogen (secondary N) is 2. The van der Waals surface area contributed by atoms with Gasteiger partial charge in [0.2, 0.25) is 17.6 Å². The Bertz CT molecular complexity index is 1180. The van der Waals surface area contributed by atoms with Gasteiger partial charge in [0.25, 0.3) is 5.91 Å². The number of ketones is 1. The summed E-state index contributed by atoms with van der Waals surface area (Å²) in [5.41, 5.74) is 2.13. The smallest absolute Gasteiger partial charge is 0.294 e. The van der Waals surface area contributed by atoms with Crippen LogP contribution >= 0.6 is 0 Å². The summed E-state index contributed by atoms with van der Waals surface area (Å²) < 4.78 is 0. The Morgan fingerprint density at radius 3 is 2.00 bits per heavy atom. The van der Waals surface area contributed by atoms with Crippen LogP contribution in [0.3, 0.4) is 0 Å². The number of carbonyl (C=O) groups excluding carboxylic acids is 4. The quantitative estimate of drug-likeness (QED) is 0.471. The van der Waals surface area contributed by atoms with Crippen molar-refractivity contribution in [2.75, 3.05) is 5.32 Å². The van der Waals surface area contributed by atoms with Crippen molar-refractivity contribution in [2.45, 2.75) is 37.9 Å². The second-order valence-corrected chi connectivity index (χ2v) is 8.50. The Balaban J connectivity index is 1.67. The number of rotatable bonds is 9. The molecular formula is C28H27N3O4. The van der Waals surface area contributed by atoms with Crippen molar-refractivity contribution in [1.82, 2.24) is 10.2 Å². The minimum absolute atomic E-state index is 0.133. The Morgan fingerprint density at radius 1 is 0.857 bits per heavy atom. The molecule has 2 atom stereocenters. The number of para-hydroxylation sites is 1. The molecule has 3 aromatic carbocycles. The monoisotopic (exact) mass is 469 g/mol. The molecule has 7 heteroatoms. The molecule has 178 valence electrons. The van der Waals surface area contributed by atoms with Gasteiger partial charge in [-0.3, -0.25) is 19.2 Å². The molecule has 0 saturated carbocycles. The number of carbonyl (C=O) groups is 4. The number of nitrogens with zero attached hydrogens (tertiary/aromatic N) is 1. The third-order valence-electron chi connectivity index (χ3n) is 5.98. The maximum atomic E-state index is 13.6. The lowest BCUT2D eigenvalue weighted by atomic mass is 9.98. The van der Waals surface area contributed by atoms with Crippen LogP contribution in [0.2, 0.25) is 0 Å². The predicted molar refractivity (Wildman–Crippen MR) is 132 cm³/mol. The fourth-order valence-electron chi connectivity index (χ4n) is 4.17. The SMILES string of the molecule is O=C1CCC(C(=O)N(Cc2ccccc2)C(Cc2ccccc2)C(=O)C(=O)Nc2ccccc2)N1. The van der Waals surface area contributed by atoms with Gasteiger partial charge in [-0.2, -0.15) is 0 Å². The Kier molecular flexibility index (Phi) is 7.67. The van der Waals surface area contributed by atoms with Crippen LogP contribution in [-0.2, 0) is 32.1 Å². The van der Waals surface area contributed by atoms with E-state index in [9.17, 15) is 19.2 Å². The molecule has 1 heterocycles. The van der Waals surface area contributed by atoms with E-state index in [1.54, 1.807) is 24.3 Å². The Labute approximate surface area is 204 Å². The van der Waals surface area contributed by atoms with Crippen LogP contribution in [0, 0.1) is 0 Å². The Morgan fingerprint density at radius 2 is 1.43 bits per heavy atom. The number of anilines is 1. The summed E-state index contributed by atoms with van der Waals surface area (Å²) in [6.07, 6.45) is 0.772. The summed E-state index contributed by atoms with van der Waals surface area (Å²) in [6.45, 7) is 0.133. The first kappa shape index (κ1) is 23.9. The topological polar surface area (TPSA) is 95.6 Å². The highest BCUT2D eigenvalue weighted by molar-refractivity contribution is 6.42. The molecule has 1 saturated heterocycles. The van der Waals surface area contributed by atoms with Crippen LogP contribution in [0.15, 0.2) is 91.0 Å². The molecule has 3 aromatic rings. The highest BCUT2D eigenvalue weighted by Crippen LogP contribution is 2.20. The zero-order chi connectivity index (χ0) is 24.6. The van der Waals surface area contributed by atoms with Gasteiger partial charge >= 0.3 is 0 Å². The van der Waals surface area contributed by atoms with Crippen molar-refractivity contribution in [1.29, 1.82) is 0 Å². The molecular weight excluding hydrogens is 442 g/mol. The molecule has 7 nitrogen and oxygen atoms in total. The molecule has 1 aliphatic heterocycles. The average Bonchev–Trinajstić information content (AvgIpc) is 3.33. The standard InChI is InChI=1S/C28H27N3O4/c32-25-17-16-23(30-25)28(35)31(19-21-12-6-2-7-13-21)24(18-20-10-4-1-5-11-20)26(33)27(34)29-22-14-8-3-9-15-22/h1-15,23-24H,16-19H2,(H,29,34)(H,30,32). The summed E-state index contributed by atoms with van der Waals surface area (Å²) in [7, 11) is 0. The minimum atomic E-state index is -1.05. The van der Waals surface area contributed by atoms with E-state index in [2.05, 4.69) is 10.6 Å². The summed E-state index contributed by atoms with van der Waals surface area (Å²) in [5.74, 6) is -2.08. The van der Waals surface area contributed by atoms with Crippen molar-refractivity contribution in [2.24, 2.45) is 0 Å². The first-order valence-corrected chi connectivity index (χ1v) is 11.6. The first-order valence-electron chi connectivity index (χ1n) is 11.6. The molecule has 0 bridgehead atoms. The van der Waals surface area contributed by atoms with Crippen LogP contribution < -0.4 is 10.6 Å². The average molecular weight is 470 g/mol. The van der Waals surface area contributed by atoms with Crippen molar-refractivity contribution in [3.05, 3.63) is 102 Å². The van der Waals surface area contributed by atoms with Crippen LogP contribution in [0.1, 0.15) is 24.0 Å². The van der Waals surface area contributed by atoms with Gasteiger partial charge in [0.15, 0.2) is 0 Å². The molecule has 0 aromatic heterocycles. The van der Waals surface area contributed by atoms with Gasteiger partial charge in [-0.05, 0) is 29.7 Å². The van der Waals surface area contributed by atoms with E-state index in [1.807, 2.05) is 66.7 Å². The van der Waals surface area contributed by atoms with E-state index < -0.39 is 23.8 Å². The normalized spacial score (nSPS) is 15.7. The van der Waals surface area contributed by atoms with Crippen LogP contribution in [0.5, 0.6) is 0 Å².